The van der Waals surface area contributed by atoms with E-state index in [0.29, 0.717) is 13.0 Å². The van der Waals surface area contributed by atoms with Crippen molar-refractivity contribution in [2.45, 2.75) is 12.8 Å². The van der Waals surface area contributed by atoms with Gasteiger partial charge in [-0.3, -0.25) is 14.6 Å². The van der Waals surface area contributed by atoms with Gasteiger partial charge in [0, 0.05) is 25.0 Å². The van der Waals surface area contributed by atoms with Crippen LogP contribution < -0.4 is 10.6 Å². The van der Waals surface area contributed by atoms with Gasteiger partial charge < -0.3 is 15.7 Å². The SMILES string of the molecule is NC(=O)c1cc(N2CCCC(C(=O)O)C2)ccn1. The fourth-order valence-corrected chi connectivity index (χ4v) is 2.16. The van der Waals surface area contributed by atoms with Crippen LogP contribution in [0, 0.1) is 5.92 Å². The number of aromatic nitrogens is 1. The number of carboxylic acid groups (broad SMARTS) is 1. The third-order valence-electron chi connectivity index (χ3n) is 3.13. The van der Waals surface area contributed by atoms with Gasteiger partial charge in [0.25, 0.3) is 5.91 Å². The highest BCUT2D eigenvalue weighted by Crippen LogP contribution is 2.23. The summed E-state index contributed by atoms with van der Waals surface area (Å²) in [5.41, 5.74) is 6.17. The Hall–Kier alpha value is -2.11. The molecular formula is C12H15N3O3. The van der Waals surface area contributed by atoms with Gasteiger partial charge in [0.1, 0.15) is 5.69 Å². The lowest BCUT2D eigenvalue weighted by Gasteiger charge is -2.32. The fraction of sp³-hybridized carbons (Fsp3) is 0.417. The predicted octanol–water partition coefficient (Wildman–Crippen LogP) is 0.481. The highest BCUT2D eigenvalue weighted by molar-refractivity contribution is 5.91. The molecule has 96 valence electrons. The van der Waals surface area contributed by atoms with Gasteiger partial charge in [0.05, 0.1) is 5.92 Å². The van der Waals surface area contributed by atoms with Crippen LogP contribution in [0.2, 0.25) is 0 Å². The van der Waals surface area contributed by atoms with E-state index in [2.05, 4.69) is 4.98 Å². The molecular weight excluding hydrogens is 234 g/mol. The molecule has 1 amide bonds. The first-order chi connectivity index (χ1) is 8.58. The summed E-state index contributed by atoms with van der Waals surface area (Å²) < 4.78 is 0. The van der Waals surface area contributed by atoms with Crippen molar-refractivity contribution in [3.63, 3.8) is 0 Å². The van der Waals surface area contributed by atoms with Crippen molar-refractivity contribution in [2.75, 3.05) is 18.0 Å². The zero-order valence-electron chi connectivity index (χ0n) is 9.87. The van der Waals surface area contributed by atoms with Crippen LogP contribution in [0.5, 0.6) is 0 Å². The Labute approximate surface area is 104 Å². The van der Waals surface area contributed by atoms with E-state index >= 15 is 0 Å². The molecule has 6 nitrogen and oxygen atoms in total. The summed E-state index contributed by atoms with van der Waals surface area (Å²) in [6.07, 6.45) is 3.03. The van der Waals surface area contributed by atoms with Gasteiger partial charge in [-0.05, 0) is 25.0 Å². The number of pyridine rings is 1. The van der Waals surface area contributed by atoms with Gasteiger partial charge in [0.15, 0.2) is 0 Å². The van der Waals surface area contributed by atoms with Crippen molar-refractivity contribution in [1.29, 1.82) is 0 Å². The predicted molar refractivity (Wildman–Crippen MR) is 65.3 cm³/mol. The first kappa shape index (κ1) is 12.3. The molecule has 0 aliphatic carbocycles. The minimum atomic E-state index is -0.774. The molecule has 0 spiro atoms. The second kappa shape index (κ2) is 5.03. The number of amides is 1. The molecule has 1 aromatic rings. The van der Waals surface area contributed by atoms with Crippen molar-refractivity contribution in [3.05, 3.63) is 24.0 Å². The summed E-state index contributed by atoms with van der Waals surface area (Å²) in [6, 6.07) is 3.36. The molecule has 1 aromatic heterocycles. The van der Waals surface area contributed by atoms with E-state index in [9.17, 15) is 9.59 Å². The van der Waals surface area contributed by atoms with Crippen LogP contribution in [-0.4, -0.2) is 35.1 Å². The number of hydrogen-bond donors (Lipinski definition) is 2. The quantitative estimate of drug-likeness (QED) is 0.812. The standard InChI is InChI=1S/C12H15N3O3/c13-11(16)10-6-9(3-4-14-10)15-5-1-2-8(7-15)12(17)18/h3-4,6,8H,1-2,5,7H2,(H2,13,16)(H,17,18). The molecule has 1 fully saturated rings. The van der Waals surface area contributed by atoms with Crippen LogP contribution in [-0.2, 0) is 4.79 Å². The Bertz CT molecular complexity index is 475. The normalized spacial score (nSPS) is 19.6. The van der Waals surface area contributed by atoms with Gasteiger partial charge >= 0.3 is 5.97 Å². The maximum absolute atomic E-state index is 11.1. The molecule has 6 heteroatoms. The van der Waals surface area contributed by atoms with E-state index in [-0.39, 0.29) is 11.6 Å². The number of piperidine rings is 1. The molecule has 1 unspecified atom stereocenters. The molecule has 1 saturated heterocycles. The van der Waals surface area contributed by atoms with E-state index in [4.69, 9.17) is 10.8 Å². The van der Waals surface area contributed by atoms with Crippen molar-refractivity contribution in [3.8, 4) is 0 Å². The second-order valence-electron chi connectivity index (χ2n) is 4.39. The van der Waals surface area contributed by atoms with E-state index in [0.717, 1.165) is 18.7 Å². The molecule has 2 heterocycles. The number of carbonyl (C=O) groups excluding carboxylic acids is 1. The van der Waals surface area contributed by atoms with Gasteiger partial charge in [-0.15, -0.1) is 0 Å². The molecule has 1 aliphatic heterocycles. The van der Waals surface area contributed by atoms with Crippen LogP contribution in [0.15, 0.2) is 18.3 Å². The Morgan fingerprint density at radius 2 is 2.28 bits per heavy atom. The van der Waals surface area contributed by atoms with E-state index in [1.165, 1.54) is 6.20 Å². The number of nitrogens with zero attached hydrogens (tertiary/aromatic N) is 2. The molecule has 0 saturated carbocycles. The van der Waals surface area contributed by atoms with Gasteiger partial charge in [-0.1, -0.05) is 0 Å². The van der Waals surface area contributed by atoms with Crippen LogP contribution in [0.1, 0.15) is 23.3 Å². The van der Waals surface area contributed by atoms with Crippen LogP contribution in [0.25, 0.3) is 0 Å². The van der Waals surface area contributed by atoms with Crippen LogP contribution in [0.4, 0.5) is 5.69 Å². The number of carboxylic acids is 1. The molecule has 1 atom stereocenters. The highest BCUT2D eigenvalue weighted by Gasteiger charge is 2.25. The Balaban J connectivity index is 2.18. The fourth-order valence-electron chi connectivity index (χ4n) is 2.16. The Morgan fingerprint density at radius 3 is 2.94 bits per heavy atom. The topological polar surface area (TPSA) is 96.5 Å². The molecule has 18 heavy (non-hydrogen) atoms. The summed E-state index contributed by atoms with van der Waals surface area (Å²) in [6.45, 7) is 1.24. The largest absolute Gasteiger partial charge is 0.481 e. The zero-order chi connectivity index (χ0) is 13.1. The van der Waals surface area contributed by atoms with E-state index in [1.54, 1.807) is 12.1 Å². The first-order valence-corrected chi connectivity index (χ1v) is 5.81. The molecule has 2 rings (SSSR count). The van der Waals surface area contributed by atoms with E-state index < -0.39 is 11.9 Å². The summed E-state index contributed by atoms with van der Waals surface area (Å²) in [4.78, 5) is 27.9. The zero-order valence-corrected chi connectivity index (χ0v) is 9.87. The molecule has 0 radical (unpaired) electrons. The number of aliphatic carboxylic acids is 1. The average molecular weight is 249 g/mol. The number of rotatable bonds is 3. The molecule has 1 aliphatic rings. The number of nitrogens with two attached hydrogens (primary N) is 1. The monoisotopic (exact) mass is 249 g/mol. The minimum Gasteiger partial charge on any atom is -0.481 e. The smallest absolute Gasteiger partial charge is 0.308 e. The van der Waals surface area contributed by atoms with E-state index in [1.807, 2.05) is 4.90 Å². The maximum atomic E-state index is 11.1. The molecule has 0 aromatic carbocycles. The van der Waals surface area contributed by atoms with Gasteiger partial charge in [-0.25, -0.2) is 0 Å². The maximum Gasteiger partial charge on any atom is 0.308 e. The third kappa shape index (κ3) is 2.58. The first-order valence-electron chi connectivity index (χ1n) is 5.81. The lowest BCUT2D eigenvalue weighted by Crippen LogP contribution is -2.38. The lowest BCUT2D eigenvalue weighted by molar-refractivity contribution is -0.141. The highest BCUT2D eigenvalue weighted by atomic mass is 16.4. The van der Waals surface area contributed by atoms with Gasteiger partial charge in [0.2, 0.25) is 0 Å². The summed E-state index contributed by atoms with van der Waals surface area (Å²) in [5, 5.41) is 9.03. The van der Waals surface area contributed by atoms with Crippen molar-refractivity contribution < 1.29 is 14.7 Å². The number of anilines is 1. The van der Waals surface area contributed by atoms with Crippen molar-refractivity contribution in [1.82, 2.24) is 4.98 Å². The summed E-state index contributed by atoms with van der Waals surface area (Å²) in [5.74, 6) is -1.71. The molecule has 0 bridgehead atoms. The third-order valence-corrected chi connectivity index (χ3v) is 3.13. The number of primary amides is 1. The van der Waals surface area contributed by atoms with Crippen molar-refractivity contribution in [2.24, 2.45) is 11.7 Å². The Morgan fingerprint density at radius 1 is 1.50 bits per heavy atom. The van der Waals surface area contributed by atoms with Crippen LogP contribution >= 0.6 is 0 Å². The average Bonchev–Trinajstić information content (AvgIpc) is 2.39. The number of carbonyl (C=O) groups is 2. The van der Waals surface area contributed by atoms with Crippen molar-refractivity contribution >= 4 is 17.6 Å². The Kier molecular flexibility index (Phi) is 3.45. The molecule has 3 N–H and O–H groups in total. The van der Waals surface area contributed by atoms with Crippen LogP contribution in [0.3, 0.4) is 0 Å². The lowest BCUT2D eigenvalue weighted by atomic mass is 9.98. The summed E-state index contributed by atoms with van der Waals surface area (Å²) >= 11 is 0. The summed E-state index contributed by atoms with van der Waals surface area (Å²) in [7, 11) is 0. The number of hydrogen-bond acceptors (Lipinski definition) is 4. The minimum absolute atomic E-state index is 0.199. The second-order valence-corrected chi connectivity index (χ2v) is 4.39. The van der Waals surface area contributed by atoms with Gasteiger partial charge in [-0.2, -0.15) is 0 Å².